The standard InChI is InChI=1S/C16H19F2N3/c1-4-15-12(8-10(2)20-21-15)16(19-3)9-11-13(17)6-5-7-14(11)18/h5-8,16,19H,4,9H2,1-3H3. The van der Waals surface area contributed by atoms with Gasteiger partial charge in [0.15, 0.2) is 0 Å². The van der Waals surface area contributed by atoms with Crippen molar-refractivity contribution in [1.29, 1.82) is 0 Å². The van der Waals surface area contributed by atoms with E-state index in [2.05, 4.69) is 15.5 Å². The van der Waals surface area contributed by atoms with E-state index in [0.717, 1.165) is 23.4 Å². The fourth-order valence-electron chi connectivity index (χ4n) is 2.41. The third-order valence-electron chi connectivity index (χ3n) is 3.55. The molecule has 0 aliphatic carbocycles. The Morgan fingerprint density at radius 2 is 1.86 bits per heavy atom. The van der Waals surface area contributed by atoms with Crippen LogP contribution in [-0.4, -0.2) is 17.2 Å². The molecule has 0 radical (unpaired) electrons. The van der Waals surface area contributed by atoms with Gasteiger partial charge in [0.05, 0.1) is 11.4 Å². The van der Waals surface area contributed by atoms with Crippen LogP contribution >= 0.6 is 0 Å². The lowest BCUT2D eigenvalue weighted by atomic mass is 9.96. The Balaban J connectivity index is 2.39. The van der Waals surface area contributed by atoms with Crippen molar-refractivity contribution in [3.63, 3.8) is 0 Å². The molecule has 0 saturated carbocycles. The normalized spacial score (nSPS) is 12.4. The quantitative estimate of drug-likeness (QED) is 0.919. The first-order valence-electron chi connectivity index (χ1n) is 7.00. The van der Waals surface area contributed by atoms with E-state index in [-0.39, 0.29) is 18.0 Å². The first-order chi connectivity index (χ1) is 10.1. The summed E-state index contributed by atoms with van der Waals surface area (Å²) in [6, 6.07) is 5.65. The van der Waals surface area contributed by atoms with Gasteiger partial charge in [-0.15, -0.1) is 0 Å². The fraction of sp³-hybridized carbons (Fsp3) is 0.375. The van der Waals surface area contributed by atoms with E-state index in [9.17, 15) is 8.78 Å². The highest BCUT2D eigenvalue weighted by atomic mass is 19.1. The molecule has 0 bridgehead atoms. The molecule has 5 heteroatoms. The van der Waals surface area contributed by atoms with E-state index in [1.165, 1.54) is 18.2 Å². The first kappa shape index (κ1) is 15.5. The zero-order valence-electron chi connectivity index (χ0n) is 12.5. The highest BCUT2D eigenvalue weighted by Crippen LogP contribution is 2.24. The molecule has 0 spiro atoms. The Kier molecular flexibility index (Phi) is 4.96. The van der Waals surface area contributed by atoms with Crippen LogP contribution in [0.2, 0.25) is 0 Å². The van der Waals surface area contributed by atoms with Crippen molar-refractivity contribution >= 4 is 0 Å². The monoisotopic (exact) mass is 291 g/mol. The Labute approximate surface area is 123 Å². The molecule has 0 saturated heterocycles. The number of aryl methyl sites for hydroxylation is 2. The van der Waals surface area contributed by atoms with Gasteiger partial charge in [-0.05, 0) is 50.6 Å². The van der Waals surface area contributed by atoms with Crippen LogP contribution in [0.25, 0.3) is 0 Å². The predicted molar refractivity (Wildman–Crippen MR) is 78.0 cm³/mol. The summed E-state index contributed by atoms with van der Waals surface area (Å²) in [6.45, 7) is 3.84. The maximum absolute atomic E-state index is 13.8. The Morgan fingerprint density at radius 3 is 2.43 bits per heavy atom. The van der Waals surface area contributed by atoms with Crippen LogP contribution in [0.4, 0.5) is 8.78 Å². The summed E-state index contributed by atoms with van der Waals surface area (Å²) in [7, 11) is 1.78. The predicted octanol–water partition coefficient (Wildman–Crippen LogP) is 3.13. The van der Waals surface area contributed by atoms with Crippen LogP contribution in [0.15, 0.2) is 24.3 Å². The average Bonchev–Trinajstić information content (AvgIpc) is 2.47. The largest absolute Gasteiger partial charge is 0.313 e. The summed E-state index contributed by atoms with van der Waals surface area (Å²) in [5.41, 5.74) is 2.66. The number of halogens is 2. The van der Waals surface area contributed by atoms with Crippen molar-refractivity contribution < 1.29 is 8.78 Å². The van der Waals surface area contributed by atoms with Gasteiger partial charge < -0.3 is 5.32 Å². The van der Waals surface area contributed by atoms with Crippen LogP contribution in [0.1, 0.15) is 35.5 Å². The van der Waals surface area contributed by atoms with E-state index in [1.807, 2.05) is 19.9 Å². The third kappa shape index (κ3) is 3.42. The van der Waals surface area contributed by atoms with Crippen molar-refractivity contribution in [3.05, 3.63) is 58.4 Å². The highest BCUT2D eigenvalue weighted by molar-refractivity contribution is 5.29. The molecule has 3 nitrogen and oxygen atoms in total. The zero-order chi connectivity index (χ0) is 15.4. The second-order valence-corrected chi connectivity index (χ2v) is 4.99. The minimum Gasteiger partial charge on any atom is -0.313 e. The second-order valence-electron chi connectivity index (χ2n) is 4.99. The molecule has 1 aromatic heterocycles. The number of nitrogens with one attached hydrogen (secondary N) is 1. The van der Waals surface area contributed by atoms with Crippen LogP contribution in [0.5, 0.6) is 0 Å². The van der Waals surface area contributed by atoms with Crippen molar-refractivity contribution in [2.45, 2.75) is 32.7 Å². The summed E-state index contributed by atoms with van der Waals surface area (Å²) in [6.07, 6.45) is 0.952. The number of hydrogen-bond donors (Lipinski definition) is 1. The molecule has 1 unspecified atom stereocenters. The lowest BCUT2D eigenvalue weighted by molar-refractivity contribution is 0.511. The van der Waals surface area contributed by atoms with Gasteiger partial charge in [0.1, 0.15) is 11.6 Å². The van der Waals surface area contributed by atoms with Gasteiger partial charge in [0.25, 0.3) is 0 Å². The van der Waals surface area contributed by atoms with Gasteiger partial charge in [-0.2, -0.15) is 10.2 Å². The molecular formula is C16H19F2N3. The molecule has 1 aromatic carbocycles. The molecule has 0 aliphatic rings. The van der Waals surface area contributed by atoms with E-state index < -0.39 is 11.6 Å². The minimum atomic E-state index is -0.521. The molecule has 0 fully saturated rings. The number of benzene rings is 1. The molecule has 0 amide bonds. The molecule has 1 N–H and O–H groups in total. The van der Waals surface area contributed by atoms with Gasteiger partial charge >= 0.3 is 0 Å². The van der Waals surface area contributed by atoms with Crippen LogP contribution in [-0.2, 0) is 12.8 Å². The number of likely N-dealkylation sites (N-methyl/N-ethyl adjacent to an activating group) is 1. The summed E-state index contributed by atoms with van der Waals surface area (Å²) in [5, 5.41) is 11.3. The lowest BCUT2D eigenvalue weighted by Crippen LogP contribution is -2.22. The maximum Gasteiger partial charge on any atom is 0.129 e. The number of rotatable bonds is 5. The Morgan fingerprint density at radius 1 is 1.19 bits per heavy atom. The van der Waals surface area contributed by atoms with Crippen LogP contribution in [0, 0.1) is 18.6 Å². The summed E-state index contributed by atoms with van der Waals surface area (Å²) >= 11 is 0. The van der Waals surface area contributed by atoms with Crippen LogP contribution in [0.3, 0.4) is 0 Å². The average molecular weight is 291 g/mol. The number of aromatic nitrogens is 2. The molecule has 2 rings (SSSR count). The maximum atomic E-state index is 13.8. The van der Waals surface area contributed by atoms with Gasteiger partial charge in [0.2, 0.25) is 0 Å². The third-order valence-corrected chi connectivity index (χ3v) is 3.55. The van der Waals surface area contributed by atoms with Gasteiger partial charge in [-0.25, -0.2) is 8.78 Å². The van der Waals surface area contributed by atoms with E-state index in [1.54, 1.807) is 7.05 Å². The summed E-state index contributed by atoms with van der Waals surface area (Å²) in [4.78, 5) is 0. The summed E-state index contributed by atoms with van der Waals surface area (Å²) < 4.78 is 27.7. The Hall–Kier alpha value is -1.88. The van der Waals surface area contributed by atoms with Crippen molar-refractivity contribution in [3.8, 4) is 0 Å². The van der Waals surface area contributed by atoms with Gasteiger partial charge in [-0.3, -0.25) is 0 Å². The van der Waals surface area contributed by atoms with Gasteiger partial charge in [-0.1, -0.05) is 13.0 Å². The number of nitrogens with zero attached hydrogens (tertiary/aromatic N) is 2. The van der Waals surface area contributed by atoms with Crippen molar-refractivity contribution in [2.75, 3.05) is 7.05 Å². The molecule has 21 heavy (non-hydrogen) atoms. The van der Waals surface area contributed by atoms with Crippen LogP contribution < -0.4 is 5.32 Å². The molecule has 112 valence electrons. The molecule has 0 aliphatic heterocycles. The fourth-order valence-corrected chi connectivity index (χ4v) is 2.41. The van der Waals surface area contributed by atoms with Crippen molar-refractivity contribution in [2.24, 2.45) is 0 Å². The SMILES string of the molecule is CCc1nnc(C)cc1C(Cc1c(F)cccc1F)NC. The molecule has 1 heterocycles. The summed E-state index contributed by atoms with van der Waals surface area (Å²) in [5.74, 6) is -1.04. The van der Waals surface area contributed by atoms with Crippen molar-refractivity contribution in [1.82, 2.24) is 15.5 Å². The van der Waals surface area contributed by atoms with Gasteiger partial charge in [0, 0.05) is 11.6 Å². The lowest BCUT2D eigenvalue weighted by Gasteiger charge is -2.20. The molecular weight excluding hydrogens is 272 g/mol. The highest BCUT2D eigenvalue weighted by Gasteiger charge is 2.19. The smallest absolute Gasteiger partial charge is 0.129 e. The van der Waals surface area contributed by atoms with E-state index in [4.69, 9.17) is 0 Å². The Bertz CT molecular complexity index is 609. The topological polar surface area (TPSA) is 37.8 Å². The minimum absolute atomic E-state index is 0.0911. The van der Waals surface area contributed by atoms with E-state index >= 15 is 0 Å². The first-order valence-corrected chi connectivity index (χ1v) is 7.00. The number of hydrogen-bond acceptors (Lipinski definition) is 3. The zero-order valence-corrected chi connectivity index (χ0v) is 12.5. The van der Waals surface area contributed by atoms with E-state index in [0.29, 0.717) is 0 Å². The second kappa shape index (κ2) is 6.72. The molecule has 2 aromatic rings. The molecule has 1 atom stereocenters.